The number of carbonyl (C=O) groups is 2. The van der Waals surface area contributed by atoms with Crippen molar-refractivity contribution in [1.29, 1.82) is 0 Å². The molecule has 0 aliphatic carbocycles. The molecule has 0 unspecified atom stereocenters. The van der Waals surface area contributed by atoms with E-state index in [1.54, 1.807) is 31.2 Å². The second kappa shape index (κ2) is 9.15. The van der Waals surface area contributed by atoms with Crippen LogP contribution in [0.2, 0.25) is 5.02 Å². The van der Waals surface area contributed by atoms with Crippen LogP contribution in [0.1, 0.15) is 40.9 Å². The Labute approximate surface area is 202 Å². The highest BCUT2D eigenvalue weighted by Gasteiger charge is 2.31. The zero-order chi connectivity index (χ0) is 23.7. The first kappa shape index (κ1) is 21.9. The molecule has 0 radical (unpaired) electrons. The van der Waals surface area contributed by atoms with Gasteiger partial charge >= 0.3 is 6.03 Å². The van der Waals surface area contributed by atoms with E-state index in [4.69, 9.17) is 16.7 Å². The lowest BCUT2D eigenvalue weighted by Gasteiger charge is -2.29. The quantitative estimate of drug-likeness (QED) is 0.486. The molecule has 34 heavy (non-hydrogen) atoms. The first-order valence-corrected chi connectivity index (χ1v) is 11.5. The molecular formula is C27H23ClN4O2. The Morgan fingerprint density at radius 2 is 1.71 bits per heavy atom. The summed E-state index contributed by atoms with van der Waals surface area (Å²) in [6.07, 6.45) is 0.873. The summed E-state index contributed by atoms with van der Waals surface area (Å²) in [6, 6.07) is 23.8. The fourth-order valence-corrected chi connectivity index (χ4v) is 4.44. The number of allylic oxidation sites excluding steroid dienone is 1. The number of nitrogens with one attached hydrogen (secondary N) is 2. The largest absolute Gasteiger partial charge is 0.327 e. The number of carbonyl (C=O) groups excluding carboxylic acids is 2. The summed E-state index contributed by atoms with van der Waals surface area (Å²) in [5.74, 6) is -0.160. The summed E-state index contributed by atoms with van der Waals surface area (Å²) in [6.45, 7) is 2.54. The maximum absolute atomic E-state index is 13.3. The normalized spacial score (nSPS) is 17.8. The van der Waals surface area contributed by atoms with Crippen LogP contribution in [0, 0.1) is 0 Å². The molecule has 0 saturated carbocycles. The van der Waals surface area contributed by atoms with Crippen LogP contribution in [-0.4, -0.2) is 24.1 Å². The van der Waals surface area contributed by atoms with Crippen LogP contribution in [0.5, 0.6) is 0 Å². The van der Waals surface area contributed by atoms with E-state index >= 15 is 0 Å². The maximum atomic E-state index is 13.3. The minimum Gasteiger partial charge on any atom is -0.327 e. The average molecular weight is 471 g/mol. The number of hydrogen-bond acceptors (Lipinski definition) is 4. The van der Waals surface area contributed by atoms with Crippen molar-refractivity contribution in [1.82, 2.24) is 10.6 Å². The summed E-state index contributed by atoms with van der Waals surface area (Å²) in [4.78, 5) is 25.6. The van der Waals surface area contributed by atoms with Gasteiger partial charge in [0.05, 0.1) is 17.4 Å². The number of hydrogen-bond donors (Lipinski definition) is 2. The van der Waals surface area contributed by atoms with Crippen LogP contribution < -0.4 is 15.6 Å². The zero-order valence-electron chi connectivity index (χ0n) is 18.6. The monoisotopic (exact) mass is 470 g/mol. The van der Waals surface area contributed by atoms with E-state index in [1.807, 2.05) is 47.5 Å². The van der Waals surface area contributed by atoms with Gasteiger partial charge in [0.15, 0.2) is 5.78 Å². The molecule has 3 aromatic carbocycles. The predicted molar refractivity (Wildman–Crippen MR) is 134 cm³/mol. The first-order valence-electron chi connectivity index (χ1n) is 11.1. The van der Waals surface area contributed by atoms with E-state index in [0.29, 0.717) is 21.9 Å². The number of urea groups is 1. The Hall–Kier alpha value is -3.90. The molecule has 0 fully saturated rings. The van der Waals surface area contributed by atoms with Crippen molar-refractivity contribution in [2.75, 3.05) is 11.6 Å². The van der Waals surface area contributed by atoms with Gasteiger partial charge in [-0.1, -0.05) is 54.1 Å². The van der Waals surface area contributed by atoms with Crippen molar-refractivity contribution in [3.63, 3.8) is 0 Å². The third-order valence-corrected chi connectivity index (χ3v) is 6.31. The average Bonchev–Trinajstić information content (AvgIpc) is 3.35. The molecule has 2 heterocycles. The van der Waals surface area contributed by atoms with Crippen LogP contribution >= 0.6 is 11.6 Å². The van der Waals surface area contributed by atoms with Gasteiger partial charge in [-0.3, -0.25) is 9.80 Å². The van der Waals surface area contributed by atoms with Crippen molar-refractivity contribution in [3.05, 3.63) is 112 Å². The van der Waals surface area contributed by atoms with Crippen molar-refractivity contribution >= 4 is 34.8 Å². The van der Waals surface area contributed by atoms with E-state index < -0.39 is 6.04 Å². The first-order chi connectivity index (χ1) is 16.5. The number of amides is 2. The molecule has 0 saturated heterocycles. The minimum absolute atomic E-state index is 0.160. The molecule has 6 nitrogen and oxygen atoms in total. The topological polar surface area (TPSA) is 73.8 Å². The van der Waals surface area contributed by atoms with Crippen molar-refractivity contribution in [3.8, 4) is 0 Å². The third-order valence-electron chi connectivity index (χ3n) is 6.05. The van der Waals surface area contributed by atoms with E-state index in [0.717, 1.165) is 35.5 Å². The van der Waals surface area contributed by atoms with Gasteiger partial charge in [0.2, 0.25) is 0 Å². The van der Waals surface area contributed by atoms with E-state index in [2.05, 4.69) is 22.8 Å². The molecule has 0 spiro atoms. The number of anilines is 1. The van der Waals surface area contributed by atoms with Gasteiger partial charge in [0.1, 0.15) is 0 Å². The second-order valence-electron chi connectivity index (χ2n) is 8.28. The lowest BCUT2D eigenvalue weighted by Crippen LogP contribution is -2.45. The van der Waals surface area contributed by atoms with Crippen LogP contribution in [0.4, 0.5) is 10.5 Å². The molecule has 170 valence electrons. The highest BCUT2D eigenvalue weighted by molar-refractivity contribution is 6.30. The van der Waals surface area contributed by atoms with Crippen molar-refractivity contribution in [2.45, 2.75) is 19.4 Å². The Kier molecular flexibility index (Phi) is 5.90. The van der Waals surface area contributed by atoms with Crippen LogP contribution in [0.3, 0.4) is 0 Å². The molecule has 7 heteroatoms. The van der Waals surface area contributed by atoms with Gasteiger partial charge in [-0.25, -0.2) is 4.79 Å². The molecule has 0 bridgehead atoms. The van der Waals surface area contributed by atoms with Crippen LogP contribution in [-0.2, 0) is 0 Å². The smallest absolute Gasteiger partial charge is 0.319 e. The molecule has 0 aromatic heterocycles. The molecule has 1 atom stereocenters. The van der Waals surface area contributed by atoms with E-state index in [9.17, 15) is 9.59 Å². The Morgan fingerprint density at radius 1 is 1.00 bits per heavy atom. The van der Waals surface area contributed by atoms with Gasteiger partial charge in [0.25, 0.3) is 0 Å². The number of halogens is 1. The lowest BCUT2D eigenvalue weighted by molar-refractivity contribution is 0.102. The fourth-order valence-electron chi connectivity index (χ4n) is 4.32. The summed E-state index contributed by atoms with van der Waals surface area (Å²) in [5.41, 5.74) is 5.52. The standard InChI is InChI=1S/C27H23ClN4O2/c1-17-24(26(33)20-7-11-21(28)12-8-20)25(30-27(34)29-17)19-9-13-22(14-10-19)32-16-15-23(31-32)18-5-3-2-4-6-18/h2-14,25H,15-16H2,1H3,(H2,29,30,34)/t25-/m0/s1. The predicted octanol–water partition coefficient (Wildman–Crippen LogP) is 5.47. The molecule has 5 rings (SSSR count). The van der Waals surface area contributed by atoms with Crippen molar-refractivity contribution in [2.24, 2.45) is 5.10 Å². The maximum Gasteiger partial charge on any atom is 0.319 e. The number of rotatable bonds is 5. The molecule has 2 aliphatic rings. The zero-order valence-corrected chi connectivity index (χ0v) is 19.3. The van der Waals surface area contributed by atoms with Crippen LogP contribution in [0.15, 0.2) is 95.2 Å². The number of Topliss-reactive ketones (excluding diaryl/α,β-unsaturated/α-hetero) is 1. The van der Waals surface area contributed by atoms with Gasteiger partial charge in [-0.15, -0.1) is 0 Å². The van der Waals surface area contributed by atoms with Gasteiger partial charge in [-0.2, -0.15) is 5.10 Å². The Balaban J connectivity index is 1.41. The van der Waals surface area contributed by atoms with E-state index in [1.165, 1.54) is 0 Å². The number of benzene rings is 3. The fraction of sp³-hybridized carbons (Fsp3) is 0.148. The summed E-state index contributed by atoms with van der Waals surface area (Å²) in [7, 11) is 0. The summed E-state index contributed by atoms with van der Waals surface area (Å²) in [5, 5.41) is 12.9. The van der Waals surface area contributed by atoms with Gasteiger partial charge < -0.3 is 10.6 Å². The SMILES string of the molecule is CC1=C(C(=O)c2ccc(Cl)cc2)[C@H](c2ccc(N3CCC(c4ccccc4)=N3)cc2)NC(=O)N1. The molecule has 3 aromatic rings. The molecular weight excluding hydrogens is 448 g/mol. The van der Waals surface area contributed by atoms with Gasteiger partial charge in [-0.05, 0) is 54.4 Å². The minimum atomic E-state index is -0.562. The second-order valence-corrected chi connectivity index (χ2v) is 8.72. The number of ketones is 1. The van der Waals surface area contributed by atoms with Crippen molar-refractivity contribution < 1.29 is 9.59 Å². The molecule has 2 aliphatic heterocycles. The summed E-state index contributed by atoms with van der Waals surface area (Å²) < 4.78 is 0. The Morgan fingerprint density at radius 3 is 2.41 bits per heavy atom. The van der Waals surface area contributed by atoms with E-state index in [-0.39, 0.29) is 11.8 Å². The molecule has 2 amide bonds. The number of nitrogens with zero attached hydrogens (tertiary/aromatic N) is 2. The Bertz CT molecular complexity index is 1300. The lowest BCUT2D eigenvalue weighted by atomic mass is 9.89. The highest BCUT2D eigenvalue weighted by Crippen LogP contribution is 2.31. The summed E-state index contributed by atoms with van der Waals surface area (Å²) >= 11 is 5.98. The van der Waals surface area contributed by atoms with Gasteiger partial charge in [0, 0.05) is 34.8 Å². The van der Waals surface area contributed by atoms with Crippen LogP contribution in [0.25, 0.3) is 0 Å². The highest BCUT2D eigenvalue weighted by atomic mass is 35.5. The number of hydrazone groups is 1. The third kappa shape index (κ3) is 4.32. The molecule has 2 N–H and O–H groups in total.